The number of pyridine rings is 1. The van der Waals surface area contributed by atoms with E-state index in [1.165, 1.54) is 17.5 Å². The minimum atomic E-state index is -0.194. The maximum atomic E-state index is 12.2. The summed E-state index contributed by atoms with van der Waals surface area (Å²) in [4.78, 5) is 17.9. The lowest BCUT2D eigenvalue weighted by Gasteiger charge is -2.03. The second-order valence-corrected chi connectivity index (χ2v) is 5.89. The highest BCUT2D eigenvalue weighted by atomic mass is 32.1. The van der Waals surface area contributed by atoms with E-state index < -0.39 is 0 Å². The smallest absolute Gasteiger partial charge is 0.257 e. The fourth-order valence-electron chi connectivity index (χ4n) is 1.90. The van der Waals surface area contributed by atoms with Crippen LogP contribution in [0.15, 0.2) is 35.0 Å². The molecule has 0 aromatic carbocycles. The van der Waals surface area contributed by atoms with Crippen LogP contribution < -0.4 is 5.32 Å². The van der Waals surface area contributed by atoms with Gasteiger partial charge in [0.1, 0.15) is 0 Å². The van der Waals surface area contributed by atoms with Gasteiger partial charge in [-0.05, 0) is 25.1 Å². The van der Waals surface area contributed by atoms with Crippen molar-refractivity contribution in [3.8, 4) is 10.8 Å². The number of rotatable bonds is 4. The summed E-state index contributed by atoms with van der Waals surface area (Å²) in [7, 11) is 0. The summed E-state index contributed by atoms with van der Waals surface area (Å²) in [5.74, 6) is 0.883. The van der Waals surface area contributed by atoms with Crippen molar-refractivity contribution in [2.24, 2.45) is 0 Å². The first-order chi connectivity index (χ1) is 10.7. The Kier molecular flexibility index (Phi) is 3.97. The molecule has 7 heteroatoms. The molecule has 0 aliphatic heterocycles. The highest BCUT2D eigenvalue weighted by molar-refractivity contribution is 7.15. The maximum absolute atomic E-state index is 12.2. The molecule has 0 unspecified atom stereocenters. The molecule has 0 radical (unpaired) electrons. The molecule has 0 aliphatic carbocycles. The predicted molar refractivity (Wildman–Crippen MR) is 83.9 cm³/mol. The van der Waals surface area contributed by atoms with Gasteiger partial charge in [-0.2, -0.15) is 0 Å². The van der Waals surface area contributed by atoms with Gasteiger partial charge in [-0.1, -0.05) is 6.92 Å². The van der Waals surface area contributed by atoms with E-state index in [1.54, 1.807) is 18.3 Å². The molecular weight excluding hydrogens is 300 g/mol. The molecule has 0 saturated heterocycles. The second-order valence-electron chi connectivity index (χ2n) is 4.63. The summed E-state index contributed by atoms with van der Waals surface area (Å²) in [6, 6.07) is 5.29. The Bertz CT molecular complexity index is 795. The zero-order valence-electron chi connectivity index (χ0n) is 12.2. The van der Waals surface area contributed by atoms with E-state index >= 15 is 0 Å². The molecule has 6 nitrogen and oxygen atoms in total. The van der Waals surface area contributed by atoms with Crippen molar-refractivity contribution in [1.29, 1.82) is 0 Å². The van der Waals surface area contributed by atoms with Crippen LogP contribution in [0, 0.1) is 6.92 Å². The average molecular weight is 314 g/mol. The standard InChI is InChI=1S/C15H14N4O2S/c1-3-13-18-19-15(21-13)12-7-11(9(2)22-12)17-14(20)10-5-4-6-16-8-10/h4-8H,3H2,1-2H3,(H,17,20). The molecule has 1 amide bonds. The topological polar surface area (TPSA) is 80.9 Å². The molecule has 0 aliphatic rings. The molecule has 0 saturated carbocycles. The zero-order valence-corrected chi connectivity index (χ0v) is 13.0. The Morgan fingerprint density at radius 2 is 2.27 bits per heavy atom. The minimum absolute atomic E-state index is 0.194. The van der Waals surface area contributed by atoms with Crippen molar-refractivity contribution < 1.29 is 9.21 Å². The van der Waals surface area contributed by atoms with Crippen molar-refractivity contribution in [3.05, 3.63) is 46.9 Å². The Morgan fingerprint density at radius 3 is 2.95 bits per heavy atom. The van der Waals surface area contributed by atoms with Gasteiger partial charge in [0.05, 0.1) is 16.1 Å². The number of aryl methyl sites for hydroxylation is 2. The number of nitrogens with one attached hydrogen (secondary N) is 1. The van der Waals surface area contributed by atoms with Gasteiger partial charge in [0.15, 0.2) is 0 Å². The SMILES string of the molecule is CCc1nnc(-c2cc(NC(=O)c3cccnc3)c(C)s2)o1. The zero-order chi connectivity index (χ0) is 15.5. The number of aromatic nitrogens is 3. The van der Waals surface area contributed by atoms with Crippen molar-refractivity contribution in [2.45, 2.75) is 20.3 Å². The molecule has 3 aromatic heterocycles. The fourth-order valence-corrected chi connectivity index (χ4v) is 2.80. The normalized spacial score (nSPS) is 10.6. The summed E-state index contributed by atoms with van der Waals surface area (Å²) in [6.07, 6.45) is 3.86. The van der Waals surface area contributed by atoms with Gasteiger partial charge >= 0.3 is 0 Å². The van der Waals surface area contributed by atoms with E-state index in [1.807, 2.05) is 19.9 Å². The molecule has 112 valence electrons. The summed E-state index contributed by atoms with van der Waals surface area (Å²) in [5.41, 5.74) is 1.26. The Labute approximate surface area is 131 Å². The number of hydrogen-bond donors (Lipinski definition) is 1. The molecule has 22 heavy (non-hydrogen) atoms. The minimum Gasteiger partial charge on any atom is -0.420 e. The third-order valence-electron chi connectivity index (χ3n) is 3.07. The fraction of sp³-hybridized carbons (Fsp3) is 0.200. The Hall–Kier alpha value is -2.54. The monoisotopic (exact) mass is 314 g/mol. The van der Waals surface area contributed by atoms with Gasteiger partial charge in [-0.15, -0.1) is 21.5 Å². The summed E-state index contributed by atoms with van der Waals surface area (Å²) >= 11 is 1.50. The quantitative estimate of drug-likeness (QED) is 0.799. The van der Waals surface area contributed by atoms with E-state index in [2.05, 4.69) is 20.5 Å². The van der Waals surface area contributed by atoms with E-state index in [0.29, 0.717) is 23.8 Å². The van der Waals surface area contributed by atoms with Gasteiger partial charge in [0.25, 0.3) is 11.8 Å². The van der Waals surface area contributed by atoms with E-state index in [-0.39, 0.29) is 5.91 Å². The van der Waals surface area contributed by atoms with Crippen LogP contribution in [0.1, 0.15) is 28.0 Å². The lowest BCUT2D eigenvalue weighted by Crippen LogP contribution is -2.11. The number of hydrogen-bond acceptors (Lipinski definition) is 6. The van der Waals surface area contributed by atoms with Crippen LogP contribution in [0.5, 0.6) is 0 Å². The second kappa shape index (κ2) is 6.07. The predicted octanol–water partition coefficient (Wildman–Crippen LogP) is 3.32. The highest BCUT2D eigenvalue weighted by Crippen LogP contribution is 2.33. The molecule has 3 aromatic rings. The van der Waals surface area contributed by atoms with Crippen LogP contribution in [0.4, 0.5) is 5.69 Å². The van der Waals surface area contributed by atoms with Crippen molar-refractivity contribution >= 4 is 22.9 Å². The van der Waals surface area contributed by atoms with Crippen molar-refractivity contribution in [1.82, 2.24) is 15.2 Å². The van der Waals surface area contributed by atoms with Gasteiger partial charge in [-0.3, -0.25) is 9.78 Å². The first-order valence-electron chi connectivity index (χ1n) is 6.82. The van der Waals surface area contributed by atoms with Crippen molar-refractivity contribution in [2.75, 3.05) is 5.32 Å². The summed E-state index contributed by atoms with van der Waals surface area (Å²) in [5, 5.41) is 10.9. The number of carbonyl (C=O) groups is 1. The van der Waals surface area contributed by atoms with Gasteiger partial charge in [0, 0.05) is 23.7 Å². The first-order valence-corrected chi connectivity index (χ1v) is 7.63. The van der Waals surface area contributed by atoms with Crippen LogP contribution in [0.2, 0.25) is 0 Å². The summed E-state index contributed by atoms with van der Waals surface area (Å²) < 4.78 is 5.54. The average Bonchev–Trinajstić information content (AvgIpc) is 3.15. The van der Waals surface area contributed by atoms with Crippen LogP contribution in [0.3, 0.4) is 0 Å². The molecule has 0 fully saturated rings. The molecule has 3 heterocycles. The molecule has 0 atom stereocenters. The van der Waals surface area contributed by atoms with Gasteiger partial charge in [0.2, 0.25) is 5.89 Å². The van der Waals surface area contributed by atoms with Gasteiger partial charge in [-0.25, -0.2) is 0 Å². The van der Waals surface area contributed by atoms with E-state index in [0.717, 1.165) is 15.4 Å². The van der Waals surface area contributed by atoms with Crippen LogP contribution in [0.25, 0.3) is 10.8 Å². The lowest BCUT2D eigenvalue weighted by molar-refractivity contribution is 0.102. The Balaban J connectivity index is 1.82. The maximum Gasteiger partial charge on any atom is 0.257 e. The largest absolute Gasteiger partial charge is 0.420 e. The number of carbonyl (C=O) groups excluding carboxylic acids is 1. The first kappa shape index (κ1) is 14.4. The van der Waals surface area contributed by atoms with Crippen molar-refractivity contribution in [3.63, 3.8) is 0 Å². The molecule has 3 rings (SSSR count). The third kappa shape index (κ3) is 2.89. The van der Waals surface area contributed by atoms with Crippen LogP contribution in [-0.4, -0.2) is 21.1 Å². The molecule has 1 N–H and O–H groups in total. The lowest BCUT2D eigenvalue weighted by atomic mass is 10.2. The number of amides is 1. The van der Waals surface area contributed by atoms with Gasteiger partial charge < -0.3 is 9.73 Å². The Morgan fingerprint density at radius 1 is 1.41 bits per heavy atom. The third-order valence-corrected chi connectivity index (χ3v) is 4.11. The molecule has 0 spiro atoms. The van der Waals surface area contributed by atoms with E-state index in [4.69, 9.17) is 4.42 Å². The highest BCUT2D eigenvalue weighted by Gasteiger charge is 2.15. The van der Waals surface area contributed by atoms with Crippen LogP contribution in [-0.2, 0) is 6.42 Å². The number of anilines is 1. The molecular formula is C15H14N4O2S. The summed E-state index contributed by atoms with van der Waals surface area (Å²) in [6.45, 7) is 3.89. The molecule has 0 bridgehead atoms. The number of nitrogens with zero attached hydrogens (tertiary/aromatic N) is 3. The van der Waals surface area contributed by atoms with E-state index in [9.17, 15) is 4.79 Å². The van der Waals surface area contributed by atoms with Crippen LogP contribution >= 0.6 is 11.3 Å². The number of thiophene rings is 1.